The Hall–Kier alpha value is -1.87. The maximum atomic E-state index is 12.6. The van der Waals surface area contributed by atoms with Gasteiger partial charge in [0, 0.05) is 10.9 Å². The first-order valence-corrected chi connectivity index (χ1v) is 11.5. The van der Waals surface area contributed by atoms with Crippen LogP contribution in [0.15, 0.2) is 5.16 Å². The van der Waals surface area contributed by atoms with Gasteiger partial charge in [-0.05, 0) is 51.0 Å². The Labute approximate surface area is 172 Å². The van der Waals surface area contributed by atoms with Gasteiger partial charge in [0.1, 0.15) is 10.8 Å². The minimum Gasteiger partial charge on any atom is -0.465 e. The number of carbonyl (C=O) groups is 2. The van der Waals surface area contributed by atoms with Crippen molar-refractivity contribution in [3.05, 3.63) is 21.8 Å². The van der Waals surface area contributed by atoms with Crippen LogP contribution in [0.5, 0.6) is 0 Å². The second-order valence-corrected chi connectivity index (χ2v) is 9.28. The average molecular weight is 421 g/mol. The van der Waals surface area contributed by atoms with E-state index in [-0.39, 0.29) is 17.6 Å². The van der Waals surface area contributed by atoms with Crippen LogP contribution in [0.25, 0.3) is 0 Å². The molecule has 0 spiro atoms. The Morgan fingerprint density at radius 1 is 1.25 bits per heavy atom. The second-order valence-electron chi connectivity index (χ2n) is 7.23. The van der Waals surface area contributed by atoms with E-state index in [1.807, 2.05) is 6.92 Å². The van der Waals surface area contributed by atoms with Crippen LogP contribution in [0.2, 0.25) is 0 Å². The van der Waals surface area contributed by atoms with Gasteiger partial charge in [-0.25, -0.2) is 4.79 Å². The van der Waals surface area contributed by atoms with E-state index in [1.54, 1.807) is 0 Å². The quantitative estimate of drug-likeness (QED) is 0.435. The predicted molar refractivity (Wildman–Crippen MR) is 109 cm³/mol. The standard InChI is InChI=1S/C19H24N4O3S2/c1-11-21-22-19(23(11)12-8-9-12)27-10-15(24)20-17-16(18(25)26-2)13-6-4-3-5-7-14(13)28-17/h12H,3-10H2,1-2H3,(H,20,24). The van der Waals surface area contributed by atoms with Crippen molar-refractivity contribution >= 4 is 40.0 Å². The van der Waals surface area contributed by atoms with Crippen LogP contribution in [0.3, 0.4) is 0 Å². The van der Waals surface area contributed by atoms with Crippen molar-refractivity contribution in [1.82, 2.24) is 14.8 Å². The maximum Gasteiger partial charge on any atom is 0.341 e. The summed E-state index contributed by atoms with van der Waals surface area (Å²) in [7, 11) is 1.39. The molecular formula is C19H24N4O3S2. The van der Waals surface area contributed by atoms with E-state index in [2.05, 4.69) is 20.1 Å². The van der Waals surface area contributed by atoms with E-state index in [0.717, 1.165) is 55.1 Å². The van der Waals surface area contributed by atoms with Gasteiger partial charge in [0.15, 0.2) is 5.16 Å². The van der Waals surface area contributed by atoms with Gasteiger partial charge in [-0.2, -0.15) is 0 Å². The van der Waals surface area contributed by atoms with Gasteiger partial charge in [0.25, 0.3) is 0 Å². The van der Waals surface area contributed by atoms with Crippen LogP contribution in [0.1, 0.15) is 64.8 Å². The number of nitrogens with zero attached hydrogens (tertiary/aromatic N) is 3. The molecule has 2 aliphatic rings. The topological polar surface area (TPSA) is 86.1 Å². The first kappa shape index (κ1) is 19.4. The van der Waals surface area contributed by atoms with Crippen LogP contribution in [-0.2, 0) is 22.4 Å². The highest BCUT2D eigenvalue weighted by molar-refractivity contribution is 7.99. The van der Waals surface area contributed by atoms with Gasteiger partial charge in [-0.3, -0.25) is 4.79 Å². The van der Waals surface area contributed by atoms with E-state index in [4.69, 9.17) is 4.74 Å². The first-order chi connectivity index (χ1) is 13.6. The first-order valence-electron chi connectivity index (χ1n) is 9.65. The van der Waals surface area contributed by atoms with Crippen LogP contribution < -0.4 is 5.32 Å². The van der Waals surface area contributed by atoms with E-state index in [1.165, 1.54) is 41.5 Å². The molecule has 2 heterocycles. The van der Waals surface area contributed by atoms with Gasteiger partial charge < -0.3 is 14.6 Å². The molecule has 0 atom stereocenters. The summed E-state index contributed by atoms with van der Waals surface area (Å²) in [5.74, 6) is 0.606. The fourth-order valence-corrected chi connectivity index (χ4v) is 5.79. The molecule has 1 fully saturated rings. The van der Waals surface area contributed by atoms with Crippen molar-refractivity contribution in [3.8, 4) is 0 Å². The number of carbonyl (C=O) groups excluding carboxylic acids is 2. The molecule has 7 nitrogen and oxygen atoms in total. The van der Waals surface area contributed by atoms with Gasteiger partial charge in [-0.15, -0.1) is 21.5 Å². The molecule has 0 aliphatic heterocycles. The Morgan fingerprint density at radius 2 is 2.04 bits per heavy atom. The zero-order valence-electron chi connectivity index (χ0n) is 16.1. The number of hydrogen-bond donors (Lipinski definition) is 1. The monoisotopic (exact) mass is 420 g/mol. The van der Waals surface area contributed by atoms with Crippen molar-refractivity contribution in [3.63, 3.8) is 0 Å². The number of thiophene rings is 1. The number of rotatable bonds is 6. The molecule has 2 aromatic rings. The number of nitrogens with one attached hydrogen (secondary N) is 1. The molecule has 28 heavy (non-hydrogen) atoms. The molecule has 150 valence electrons. The van der Waals surface area contributed by atoms with Crippen LogP contribution in [0.4, 0.5) is 5.00 Å². The minimum absolute atomic E-state index is 0.144. The highest BCUT2D eigenvalue weighted by Gasteiger charge is 2.29. The molecule has 1 amide bonds. The number of anilines is 1. The molecule has 1 N–H and O–H groups in total. The molecular weight excluding hydrogens is 396 g/mol. The number of aromatic nitrogens is 3. The molecule has 0 aromatic carbocycles. The lowest BCUT2D eigenvalue weighted by atomic mass is 10.1. The van der Waals surface area contributed by atoms with Crippen molar-refractivity contribution in [2.45, 2.75) is 63.1 Å². The lowest BCUT2D eigenvalue weighted by Crippen LogP contribution is -2.16. The lowest BCUT2D eigenvalue weighted by molar-refractivity contribution is -0.113. The predicted octanol–water partition coefficient (Wildman–Crippen LogP) is 3.77. The molecule has 2 aromatic heterocycles. The Bertz CT molecular complexity index is 901. The van der Waals surface area contributed by atoms with Crippen molar-refractivity contribution < 1.29 is 14.3 Å². The van der Waals surface area contributed by atoms with Crippen LogP contribution in [-0.4, -0.2) is 39.5 Å². The number of hydrogen-bond acceptors (Lipinski definition) is 7. The number of methoxy groups -OCH3 is 1. The third-order valence-electron chi connectivity index (χ3n) is 5.14. The summed E-state index contributed by atoms with van der Waals surface area (Å²) >= 11 is 2.90. The summed E-state index contributed by atoms with van der Waals surface area (Å²) in [6, 6.07) is 0.472. The molecule has 2 aliphatic carbocycles. The average Bonchev–Trinajstić information content (AvgIpc) is 3.42. The van der Waals surface area contributed by atoms with Crippen LogP contribution >= 0.6 is 23.1 Å². The van der Waals surface area contributed by atoms with Gasteiger partial charge >= 0.3 is 5.97 Å². The molecule has 1 saturated carbocycles. The van der Waals surface area contributed by atoms with E-state index < -0.39 is 0 Å². The lowest BCUT2D eigenvalue weighted by Gasteiger charge is -2.08. The maximum absolute atomic E-state index is 12.6. The third-order valence-corrected chi connectivity index (χ3v) is 7.29. The summed E-state index contributed by atoms with van der Waals surface area (Å²) in [6.45, 7) is 1.94. The fourth-order valence-electron chi connectivity index (χ4n) is 3.64. The normalized spacial score (nSPS) is 16.4. The largest absolute Gasteiger partial charge is 0.465 e. The molecule has 0 unspecified atom stereocenters. The summed E-state index contributed by atoms with van der Waals surface area (Å²) in [5.41, 5.74) is 1.60. The van der Waals surface area contributed by atoms with Crippen LogP contribution in [0, 0.1) is 6.92 Å². The Balaban J connectivity index is 1.48. The number of esters is 1. The number of aryl methyl sites for hydroxylation is 2. The number of fused-ring (bicyclic) bond motifs is 1. The van der Waals surface area contributed by atoms with Gasteiger partial charge in [-0.1, -0.05) is 18.2 Å². The summed E-state index contributed by atoms with van der Waals surface area (Å²) in [4.78, 5) is 26.2. The highest BCUT2D eigenvalue weighted by atomic mass is 32.2. The van der Waals surface area contributed by atoms with Crippen molar-refractivity contribution in [2.75, 3.05) is 18.2 Å². The summed E-state index contributed by atoms with van der Waals surface area (Å²) in [5, 5.41) is 12.7. The smallest absolute Gasteiger partial charge is 0.341 e. The SMILES string of the molecule is COC(=O)c1c(NC(=O)CSc2nnc(C)n2C2CC2)sc2c1CCCCC2. The highest BCUT2D eigenvalue weighted by Crippen LogP contribution is 2.39. The minimum atomic E-state index is -0.369. The third kappa shape index (κ3) is 3.96. The second kappa shape index (κ2) is 8.24. The molecule has 0 radical (unpaired) electrons. The summed E-state index contributed by atoms with van der Waals surface area (Å²) in [6.07, 6.45) is 7.45. The fraction of sp³-hybridized carbons (Fsp3) is 0.579. The van der Waals surface area contributed by atoms with Gasteiger partial charge in [0.05, 0.1) is 18.4 Å². The molecule has 4 rings (SSSR count). The number of thioether (sulfide) groups is 1. The summed E-state index contributed by atoms with van der Waals surface area (Å²) < 4.78 is 7.11. The van der Waals surface area contributed by atoms with Crippen molar-refractivity contribution in [1.29, 1.82) is 0 Å². The zero-order valence-corrected chi connectivity index (χ0v) is 17.8. The number of ether oxygens (including phenoxy) is 1. The number of amides is 1. The Morgan fingerprint density at radius 3 is 2.79 bits per heavy atom. The molecule has 9 heteroatoms. The molecule has 0 bridgehead atoms. The molecule has 0 saturated heterocycles. The van der Waals surface area contributed by atoms with E-state index in [9.17, 15) is 9.59 Å². The van der Waals surface area contributed by atoms with E-state index in [0.29, 0.717) is 16.6 Å². The zero-order chi connectivity index (χ0) is 19.7. The Kier molecular flexibility index (Phi) is 5.73. The van der Waals surface area contributed by atoms with Crippen molar-refractivity contribution in [2.24, 2.45) is 0 Å². The van der Waals surface area contributed by atoms with Gasteiger partial charge in [0.2, 0.25) is 5.91 Å². The van der Waals surface area contributed by atoms with E-state index >= 15 is 0 Å².